The Bertz CT molecular complexity index is 564. The van der Waals surface area contributed by atoms with Crippen LogP contribution in [-0.4, -0.2) is 41.3 Å². The third-order valence-corrected chi connectivity index (χ3v) is 8.06. The molecule has 3 saturated carbocycles. The third kappa shape index (κ3) is 1.87. The van der Waals surface area contributed by atoms with Crippen LogP contribution in [0.5, 0.6) is 0 Å². The number of hydrogen-bond donors (Lipinski definition) is 1. The number of aliphatic hydroxyl groups excluding tert-OH is 1. The van der Waals surface area contributed by atoms with Crippen molar-refractivity contribution in [3.8, 4) is 0 Å². The van der Waals surface area contributed by atoms with Crippen molar-refractivity contribution in [2.24, 2.45) is 28.6 Å². The molecule has 3 nitrogen and oxygen atoms in total. The van der Waals surface area contributed by atoms with Crippen LogP contribution in [0.25, 0.3) is 0 Å². The number of alkyl halides is 1. The molecular formula is C19H28FNO2. The van der Waals surface area contributed by atoms with E-state index in [0.29, 0.717) is 18.3 Å². The minimum atomic E-state index is -1.07. The van der Waals surface area contributed by atoms with Gasteiger partial charge in [-0.2, -0.15) is 0 Å². The number of likely N-dealkylation sites (N-methyl/N-ethyl adjacent to an activating group) is 1. The van der Waals surface area contributed by atoms with Gasteiger partial charge in [-0.1, -0.05) is 19.9 Å². The number of aliphatic hydroxyl groups is 1. The number of hydrogen-bond acceptors (Lipinski definition) is 2. The van der Waals surface area contributed by atoms with E-state index in [9.17, 15) is 14.3 Å². The molecule has 4 heteroatoms. The number of carbonyl (C=O) groups excluding carboxylic acids is 1. The molecule has 0 aromatic rings. The minimum absolute atomic E-state index is 0.00768. The van der Waals surface area contributed by atoms with E-state index < -0.39 is 12.3 Å². The zero-order valence-corrected chi connectivity index (χ0v) is 14.3. The second-order valence-corrected chi connectivity index (χ2v) is 8.86. The molecule has 23 heavy (non-hydrogen) atoms. The van der Waals surface area contributed by atoms with Gasteiger partial charge in [0.05, 0.1) is 6.10 Å². The van der Waals surface area contributed by atoms with Crippen LogP contribution < -0.4 is 0 Å². The van der Waals surface area contributed by atoms with Gasteiger partial charge in [-0.15, -0.1) is 0 Å². The standard InChI is InChI=1S/C19H28FNO2/c1-18-9-7-16(22)21(3)15(18)5-4-11-12(18)6-8-19(2)13(11)10-14(20)17(19)23/h7,9,11-15,17,23H,4-6,8,10H2,1-3H3/t11-,12-,13+,14?,15?,17?,18-,19+/m1/s1. The van der Waals surface area contributed by atoms with Crippen molar-refractivity contribution >= 4 is 5.91 Å². The van der Waals surface area contributed by atoms with E-state index in [0.717, 1.165) is 25.7 Å². The van der Waals surface area contributed by atoms with Gasteiger partial charge in [0.2, 0.25) is 5.91 Å². The summed E-state index contributed by atoms with van der Waals surface area (Å²) in [5.41, 5.74) is -0.268. The highest BCUT2D eigenvalue weighted by Gasteiger charge is 2.62. The largest absolute Gasteiger partial charge is 0.390 e. The number of halogens is 1. The van der Waals surface area contributed by atoms with Gasteiger partial charge in [-0.3, -0.25) is 4.79 Å². The van der Waals surface area contributed by atoms with Gasteiger partial charge in [0.25, 0.3) is 0 Å². The molecule has 0 radical (unpaired) electrons. The lowest BCUT2D eigenvalue weighted by atomic mass is 9.48. The van der Waals surface area contributed by atoms with E-state index in [2.05, 4.69) is 19.9 Å². The molecule has 1 N–H and O–H groups in total. The Hall–Kier alpha value is -0.900. The Morgan fingerprint density at radius 3 is 2.74 bits per heavy atom. The molecule has 4 rings (SSSR count). The summed E-state index contributed by atoms with van der Waals surface area (Å²) in [6.45, 7) is 4.38. The van der Waals surface area contributed by atoms with E-state index >= 15 is 0 Å². The molecular weight excluding hydrogens is 293 g/mol. The number of fused-ring (bicyclic) bond motifs is 5. The smallest absolute Gasteiger partial charge is 0.246 e. The van der Waals surface area contributed by atoms with Gasteiger partial charge < -0.3 is 10.0 Å². The summed E-state index contributed by atoms with van der Waals surface area (Å²) in [5, 5.41) is 10.4. The van der Waals surface area contributed by atoms with Crippen molar-refractivity contribution in [2.45, 2.75) is 64.3 Å². The van der Waals surface area contributed by atoms with Crippen molar-refractivity contribution in [3.05, 3.63) is 12.2 Å². The summed E-state index contributed by atoms with van der Waals surface area (Å²) in [5.74, 6) is 1.34. The quantitative estimate of drug-likeness (QED) is 0.745. The van der Waals surface area contributed by atoms with Gasteiger partial charge in [0, 0.05) is 18.5 Å². The fraction of sp³-hybridized carbons (Fsp3) is 0.842. The van der Waals surface area contributed by atoms with Crippen LogP contribution in [0, 0.1) is 28.6 Å². The molecule has 0 aromatic carbocycles. The first kappa shape index (κ1) is 15.6. The number of rotatable bonds is 0. The zero-order chi connectivity index (χ0) is 16.6. The summed E-state index contributed by atoms with van der Waals surface area (Å²) in [6, 6.07) is 0.262. The van der Waals surface area contributed by atoms with Crippen LogP contribution in [0.15, 0.2) is 12.2 Å². The first-order valence-corrected chi connectivity index (χ1v) is 9.07. The number of nitrogens with zero attached hydrogens (tertiary/aromatic N) is 1. The predicted molar refractivity (Wildman–Crippen MR) is 86.4 cm³/mol. The molecule has 1 heterocycles. The van der Waals surface area contributed by atoms with Gasteiger partial charge in [0.1, 0.15) is 6.17 Å². The second kappa shape index (κ2) is 4.81. The first-order chi connectivity index (χ1) is 10.8. The molecule has 3 unspecified atom stereocenters. The molecule has 3 aliphatic carbocycles. The average Bonchev–Trinajstić information content (AvgIpc) is 2.75. The van der Waals surface area contributed by atoms with Gasteiger partial charge in [-0.05, 0) is 61.3 Å². The van der Waals surface area contributed by atoms with Crippen LogP contribution >= 0.6 is 0 Å². The first-order valence-electron chi connectivity index (χ1n) is 9.07. The molecule has 128 valence electrons. The Labute approximate surface area is 137 Å². The molecule has 3 fully saturated rings. The molecule has 8 atom stereocenters. The Morgan fingerprint density at radius 1 is 1.26 bits per heavy atom. The summed E-state index contributed by atoms with van der Waals surface area (Å²) in [6.07, 6.45) is 6.48. The maximum absolute atomic E-state index is 14.2. The maximum Gasteiger partial charge on any atom is 0.246 e. The van der Waals surface area contributed by atoms with E-state index in [1.54, 1.807) is 6.08 Å². The maximum atomic E-state index is 14.2. The van der Waals surface area contributed by atoms with Crippen LogP contribution in [0.3, 0.4) is 0 Å². The Kier molecular flexibility index (Phi) is 3.27. The van der Waals surface area contributed by atoms with E-state index in [4.69, 9.17) is 0 Å². The van der Waals surface area contributed by atoms with Crippen molar-refractivity contribution < 1.29 is 14.3 Å². The molecule has 4 aliphatic rings. The summed E-state index contributed by atoms with van der Waals surface area (Å²) in [7, 11) is 1.92. The molecule has 0 bridgehead atoms. The van der Waals surface area contributed by atoms with Gasteiger partial charge >= 0.3 is 0 Å². The van der Waals surface area contributed by atoms with Crippen LogP contribution in [0.2, 0.25) is 0 Å². The van der Waals surface area contributed by atoms with Crippen molar-refractivity contribution in [3.63, 3.8) is 0 Å². The summed E-state index contributed by atoms with van der Waals surface area (Å²) in [4.78, 5) is 13.9. The topological polar surface area (TPSA) is 40.5 Å². The Morgan fingerprint density at radius 2 is 2.00 bits per heavy atom. The third-order valence-electron chi connectivity index (χ3n) is 8.06. The normalized spacial score (nSPS) is 55.3. The molecule has 0 saturated heterocycles. The lowest BCUT2D eigenvalue weighted by Gasteiger charge is -2.59. The fourth-order valence-corrected chi connectivity index (χ4v) is 6.68. The minimum Gasteiger partial charge on any atom is -0.390 e. The summed E-state index contributed by atoms with van der Waals surface area (Å²) < 4.78 is 14.2. The van der Waals surface area contributed by atoms with Crippen molar-refractivity contribution in [2.75, 3.05) is 7.05 Å². The second-order valence-electron chi connectivity index (χ2n) is 8.86. The molecule has 1 amide bonds. The van der Waals surface area contributed by atoms with Crippen LogP contribution in [0.1, 0.15) is 46.0 Å². The van der Waals surface area contributed by atoms with E-state index in [1.165, 1.54) is 0 Å². The highest BCUT2D eigenvalue weighted by Crippen LogP contribution is 2.64. The summed E-state index contributed by atoms with van der Waals surface area (Å²) >= 11 is 0. The predicted octanol–water partition coefficient (Wildman–Crippen LogP) is 2.93. The molecule has 0 aromatic heterocycles. The fourth-order valence-electron chi connectivity index (χ4n) is 6.68. The zero-order valence-electron chi connectivity index (χ0n) is 14.3. The number of carbonyl (C=O) groups is 1. The highest BCUT2D eigenvalue weighted by molar-refractivity contribution is 5.89. The SMILES string of the molecule is CN1C(=O)C=C[C@@]2(C)C1CC[C@@H]1[C@H]2CC[C@]2(C)C(O)C(F)C[C@@H]12. The lowest BCUT2D eigenvalue weighted by molar-refractivity contribution is -0.140. The van der Waals surface area contributed by atoms with E-state index in [1.807, 2.05) is 11.9 Å². The van der Waals surface area contributed by atoms with Crippen LogP contribution in [0.4, 0.5) is 4.39 Å². The molecule has 1 aliphatic heterocycles. The van der Waals surface area contributed by atoms with Gasteiger partial charge in [-0.25, -0.2) is 4.39 Å². The van der Waals surface area contributed by atoms with Crippen molar-refractivity contribution in [1.82, 2.24) is 4.90 Å². The lowest BCUT2D eigenvalue weighted by Crippen LogP contribution is -2.59. The Balaban J connectivity index is 1.70. The highest BCUT2D eigenvalue weighted by atomic mass is 19.1. The average molecular weight is 321 g/mol. The van der Waals surface area contributed by atoms with Gasteiger partial charge in [0.15, 0.2) is 0 Å². The van der Waals surface area contributed by atoms with E-state index in [-0.39, 0.29) is 28.7 Å². The molecule has 0 spiro atoms. The van der Waals surface area contributed by atoms with Crippen molar-refractivity contribution in [1.29, 1.82) is 0 Å². The monoisotopic (exact) mass is 321 g/mol. The van der Waals surface area contributed by atoms with Crippen LogP contribution in [-0.2, 0) is 4.79 Å². The number of amides is 1.